The van der Waals surface area contributed by atoms with E-state index in [2.05, 4.69) is 33.2 Å². The number of likely N-dealkylation sites (tertiary alicyclic amines) is 1. The number of rotatable bonds is 6. The minimum Gasteiger partial charge on any atom is -0.370 e. The first-order valence-electron chi connectivity index (χ1n) is 7.08. The predicted octanol–water partition coefficient (Wildman–Crippen LogP) is 2.25. The average Bonchev–Trinajstić information content (AvgIpc) is 2.87. The third kappa shape index (κ3) is 3.95. The molecule has 1 aliphatic heterocycles. The molecule has 0 bridgehead atoms. The number of aryl methyl sites for hydroxylation is 2. The van der Waals surface area contributed by atoms with Crippen LogP contribution >= 0.6 is 0 Å². The first-order valence-corrected chi connectivity index (χ1v) is 7.08. The summed E-state index contributed by atoms with van der Waals surface area (Å²) in [6, 6.07) is 2.06. The lowest BCUT2D eigenvalue weighted by atomic mass is 10.3. The van der Waals surface area contributed by atoms with Crippen molar-refractivity contribution in [1.29, 1.82) is 0 Å². The Kier molecular flexibility index (Phi) is 4.93. The fourth-order valence-corrected chi connectivity index (χ4v) is 2.43. The molecule has 18 heavy (non-hydrogen) atoms. The average molecular weight is 248 g/mol. The van der Waals surface area contributed by atoms with Gasteiger partial charge in [-0.05, 0) is 52.2 Å². The van der Waals surface area contributed by atoms with E-state index in [9.17, 15) is 0 Å². The van der Waals surface area contributed by atoms with Gasteiger partial charge in [-0.15, -0.1) is 0 Å². The number of hydrogen-bond acceptors (Lipinski definition) is 4. The number of hydrogen-bond donors (Lipinski definition) is 1. The molecular formula is C14H24N4. The lowest BCUT2D eigenvalue weighted by Crippen LogP contribution is -2.22. The minimum absolute atomic E-state index is 0.858. The molecule has 0 radical (unpaired) electrons. The van der Waals surface area contributed by atoms with Gasteiger partial charge >= 0.3 is 0 Å². The number of aromatic nitrogens is 2. The molecule has 2 rings (SSSR count). The highest BCUT2D eigenvalue weighted by molar-refractivity contribution is 5.35. The van der Waals surface area contributed by atoms with Gasteiger partial charge in [0.15, 0.2) is 0 Å². The molecule has 1 aliphatic rings. The van der Waals surface area contributed by atoms with Crippen molar-refractivity contribution in [2.45, 2.75) is 39.5 Å². The van der Waals surface area contributed by atoms with Gasteiger partial charge in [-0.2, -0.15) is 0 Å². The highest BCUT2D eigenvalue weighted by Gasteiger charge is 2.10. The number of nitrogens with zero attached hydrogens (tertiary/aromatic N) is 3. The van der Waals surface area contributed by atoms with E-state index in [0.717, 1.165) is 30.3 Å². The molecule has 1 saturated heterocycles. The van der Waals surface area contributed by atoms with Crippen LogP contribution in [0.1, 0.15) is 37.7 Å². The van der Waals surface area contributed by atoms with Crippen LogP contribution in [0.15, 0.2) is 6.07 Å². The van der Waals surface area contributed by atoms with Crippen LogP contribution in [0.5, 0.6) is 0 Å². The summed E-state index contributed by atoms with van der Waals surface area (Å²) < 4.78 is 0. The van der Waals surface area contributed by atoms with Crippen molar-refractivity contribution in [3.8, 4) is 0 Å². The van der Waals surface area contributed by atoms with Crippen LogP contribution < -0.4 is 5.32 Å². The van der Waals surface area contributed by atoms with E-state index in [-0.39, 0.29) is 0 Å². The van der Waals surface area contributed by atoms with Gasteiger partial charge in [0.25, 0.3) is 0 Å². The van der Waals surface area contributed by atoms with Crippen LogP contribution in [0.3, 0.4) is 0 Å². The lowest BCUT2D eigenvalue weighted by Gasteiger charge is -2.14. The van der Waals surface area contributed by atoms with Crippen molar-refractivity contribution >= 4 is 5.82 Å². The Bertz CT molecular complexity index is 372. The molecule has 1 fully saturated rings. The summed E-state index contributed by atoms with van der Waals surface area (Å²) in [6.07, 6.45) is 4.90. The Morgan fingerprint density at radius 1 is 1.28 bits per heavy atom. The minimum atomic E-state index is 0.858. The van der Waals surface area contributed by atoms with Crippen molar-refractivity contribution < 1.29 is 0 Å². The molecule has 0 amide bonds. The van der Waals surface area contributed by atoms with Gasteiger partial charge in [0.2, 0.25) is 0 Å². The van der Waals surface area contributed by atoms with Crippen molar-refractivity contribution in [2.24, 2.45) is 0 Å². The van der Waals surface area contributed by atoms with Crippen LogP contribution in [-0.4, -0.2) is 41.0 Å². The second-order valence-electron chi connectivity index (χ2n) is 4.97. The maximum Gasteiger partial charge on any atom is 0.129 e. The molecule has 0 aromatic carbocycles. The Hall–Kier alpha value is -1.16. The maximum absolute atomic E-state index is 4.42. The Morgan fingerprint density at radius 3 is 2.78 bits per heavy atom. The quantitative estimate of drug-likeness (QED) is 0.784. The Morgan fingerprint density at radius 2 is 2.06 bits per heavy atom. The molecule has 1 N–H and O–H groups in total. The third-order valence-corrected chi connectivity index (χ3v) is 3.41. The summed E-state index contributed by atoms with van der Waals surface area (Å²) in [7, 11) is 0. The second-order valence-corrected chi connectivity index (χ2v) is 4.97. The molecule has 1 aromatic rings. The van der Waals surface area contributed by atoms with Gasteiger partial charge in [0.1, 0.15) is 11.6 Å². The Labute approximate surface area is 110 Å². The van der Waals surface area contributed by atoms with Crippen molar-refractivity contribution in [1.82, 2.24) is 14.9 Å². The van der Waals surface area contributed by atoms with Gasteiger partial charge in [-0.1, -0.05) is 6.92 Å². The summed E-state index contributed by atoms with van der Waals surface area (Å²) in [5, 5.41) is 3.41. The molecule has 0 aliphatic carbocycles. The molecule has 4 nitrogen and oxygen atoms in total. The summed E-state index contributed by atoms with van der Waals surface area (Å²) >= 11 is 0. The van der Waals surface area contributed by atoms with Crippen LogP contribution in [0.25, 0.3) is 0 Å². The molecule has 0 atom stereocenters. The lowest BCUT2D eigenvalue weighted by molar-refractivity contribution is 0.337. The molecular weight excluding hydrogens is 224 g/mol. The Balaban J connectivity index is 1.73. The van der Waals surface area contributed by atoms with Crippen LogP contribution in [0.2, 0.25) is 0 Å². The zero-order valence-corrected chi connectivity index (χ0v) is 11.6. The zero-order valence-electron chi connectivity index (χ0n) is 11.6. The van der Waals surface area contributed by atoms with Gasteiger partial charge in [-0.25, -0.2) is 9.97 Å². The fraction of sp³-hybridized carbons (Fsp3) is 0.714. The third-order valence-electron chi connectivity index (χ3n) is 3.41. The summed E-state index contributed by atoms with van der Waals surface area (Å²) in [6.45, 7) is 8.85. The van der Waals surface area contributed by atoms with Gasteiger partial charge in [0, 0.05) is 18.3 Å². The largest absolute Gasteiger partial charge is 0.370 e. The van der Waals surface area contributed by atoms with Gasteiger partial charge in [-0.3, -0.25) is 0 Å². The van der Waals surface area contributed by atoms with Crippen molar-refractivity contribution in [3.63, 3.8) is 0 Å². The standard InChI is InChI=1S/C14H24N4/c1-3-13-11-14(17-12(2)16-13)15-7-6-10-18-8-4-5-9-18/h11H,3-10H2,1-2H3,(H,15,16,17). The first-order chi connectivity index (χ1) is 8.78. The molecule has 0 unspecified atom stereocenters. The SMILES string of the molecule is CCc1cc(NCCCN2CCCC2)nc(C)n1. The second kappa shape index (κ2) is 6.69. The predicted molar refractivity (Wildman–Crippen MR) is 74.9 cm³/mol. The molecule has 1 aromatic heterocycles. The molecule has 2 heterocycles. The molecule has 100 valence electrons. The van der Waals surface area contributed by atoms with Crippen LogP contribution in [-0.2, 0) is 6.42 Å². The van der Waals surface area contributed by atoms with E-state index >= 15 is 0 Å². The topological polar surface area (TPSA) is 41.0 Å². The van der Waals surface area contributed by atoms with E-state index in [1.54, 1.807) is 0 Å². The van der Waals surface area contributed by atoms with E-state index in [4.69, 9.17) is 0 Å². The molecule has 0 spiro atoms. The van der Waals surface area contributed by atoms with E-state index in [1.807, 2.05) is 6.92 Å². The normalized spacial score (nSPS) is 16.1. The van der Waals surface area contributed by atoms with Crippen LogP contribution in [0, 0.1) is 6.92 Å². The van der Waals surface area contributed by atoms with E-state index < -0.39 is 0 Å². The smallest absolute Gasteiger partial charge is 0.129 e. The zero-order chi connectivity index (χ0) is 12.8. The van der Waals surface area contributed by atoms with Crippen molar-refractivity contribution in [3.05, 3.63) is 17.6 Å². The highest BCUT2D eigenvalue weighted by Crippen LogP contribution is 2.09. The number of nitrogens with one attached hydrogen (secondary N) is 1. The number of anilines is 1. The van der Waals surface area contributed by atoms with Gasteiger partial charge < -0.3 is 10.2 Å². The fourth-order valence-electron chi connectivity index (χ4n) is 2.43. The van der Waals surface area contributed by atoms with Crippen LogP contribution in [0.4, 0.5) is 5.82 Å². The molecule has 4 heteroatoms. The van der Waals surface area contributed by atoms with Crippen molar-refractivity contribution in [2.75, 3.05) is 31.5 Å². The van der Waals surface area contributed by atoms with E-state index in [0.29, 0.717) is 0 Å². The van der Waals surface area contributed by atoms with E-state index in [1.165, 1.54) is 38.9 Å². The molecule has 0 saturated carbocycles. The maximum atomic E-state index is 4.42. The first kappa shape index (κ1) is 13.3. The summed E-state index contributed by atoms with van der Waals surface area (Å²) in [4.78, 5) is 11.3. The summed E-state index contributed by atoms with van der Waals surface area (Å²) in [5.74, 6) is 1.83. The highest BCUT2D eigenvalue weighted by atomic mass is 15.1. The monoisotopic (exact) mass is 248 g/mol. The van der Waals surface area contributed by atoms with Gasteiger partial charge in [0.05, 0.1) is 0 Å². The summed E-state index contributed by atoms with van der Waals surface area (Å²) in [5.41, 5.74) is 1.12.